The lowest BCUT2D eigenvalue weighted by Gasteiger charge is -2.36. The molecule has 1 aliphatic carbocycles. The molecule has 3 N–H and O–H groups in total. The Hall–Kier alpha value is -2.08. The standard InChI is InChI=1S/C20H29N3O3/c1-20(2,3)26-19(25)23(15-5-4-10-22-12-15)17-9-8-14(11-16(17)21)18(24)13-6-7-13/h8-9,11,13,15,22H,4-7,10,12,21H2,1-3H3. The van der Waals surface area contributed by atoms with Gasteiger partial charge in [0.05, 0.1) is 17.4 Å². The molecule has 1 aliphatic heterocycles. The summed E-state index contributed by atoms with van der Waals surface area (Å²) in [4.78, 5) is 26.8. The molecule has 1 heterocycles. The number of benzene rings is 1. The Labute approximate surface area is 155 Å². The van der Waals surface area contributed by atoms with Crippen LogP contribution in [-0.4, -0.2) is 36.6 Å². The van der Waals surface area contributed by atoms with Gasteiger partial charge >= 0.3 is 6.09 Å². The highest BCUT2D eigenvalue weighted by Crippen LogP contribution is 2.35. The molecule has 26 heavy (non-hydrogen) atoms. The number of rotatable bonds is 4. The molecule has 1 unspecified atom stereocenters. The van der Waals surface area contributed by atoms with Crippen LogP contribution >= 0.6 is 0 Å². The van der Waals surface area contributed by atoms with Gasteiger partial charge in [0, 0.05) is 18.0 Å². The van der Waals surface area contributed by atoms with Crippen molar-refractivity contribution in [2.45, 2.75) is 58.1 Å². The SMILES string of the molecule is CC(C)(C)OC(=O)N(c1ccc(C(=O)C2CC2)cc1N)C1CCCNC1. The van der Waals surface area contributed by atoms with Crippen molar-refractivity contribution in [1.82, 2.24) is 5.32 Å². The lowest BCUT2D eigenvalue weighted by atomic mass is 10.0. The van der Waals surface area contributed by atoms with Crippen LogP contribution in [0.15, 0.2) is 18.2 Å². The second-order valence-corrected chi connectivity index (χ2v) is 8.26. The first-order valence-electron chi connectivity index (χ1n) is 9.43. The summed E-state index contributed by atoms with van der Waals surface area (Å²) in [6.45, 7) is 7.19. The van der Waals surface area contributed by atoms with Gasteiger partial charge in [-0.1, -0.05) is 0 Å². The number of hydrogen-bond acceptors (Lipinski definition) is 5. The zero-order valence-corrected chi connectivity index (χ0v) is 15.9. The molecule has 0 radical (unpaired) electrons. The molecule has 1 aromatic rings. The first-order valence-corrected chi connectivity index (χ1v) is 9.43. The van der Waals surface area contributed by atoms with Gasteiger partial charge in [0.25, 0.3) is 0 Å². The Morgan fingerprint density at radius 2 is 1.96 bits per heavy atom. The fourth-order valence-corrected chi connectivity index (χ4v) is 3.32. The average molecular weight is 359 g/mol. The second-order valence-electron chi connectivity index (χ2n) is 8.26. The minimum absolute atomic E-state index is 0.0223. The van der Waals surface area contributed by atoms with E-state index in [0.29, 0.717) is 23.5 Å². The maximum atomic E-state index is 12.9. The number of ether oxygens (including phenoxy) is 1. The first kappa shape index (κ1) is 18.7. The van der Waals surface area contributed by atoms with Crippen molar-refractivity contribution in [3.05, 3.63) is 23.8 Å². The monoisotopic (exact) mass is 359 g/mol. The van der Waals surface area contributed by atoms with Crippen LogP contribution in [-0.2, 0) is 4.74 Å². The van der Waals surface area contributed by atoms with E-state index in [-0.39, 0.29) is 17.7 Å². The van der Waals surface area contributed by atoms with E-state index >= 15 is 0 Å². The molecule has 1 atom stereocenters. The molecule has 1 saturated heterocycles. The van der Waals surface area contributed by atoms with E-state index in [1.54, 1.807) is 23.1 Å². The van der Waals surface area contributed by atoms with Gasteiger partial charge in [0.1, 0.15) is 5.60 Å². The Morgan fingerprint density at radius 3 is 2.50 bits per heavy atom. The fourth-order valence-electron chi connectivity index (χ4n) is 3.32. The van der Waals surface area contributed by atoms with Gasteiger partial charge in [-0.25, -0.2) is 4.79 Å². The van der Waals surface area contributed by atoms with Gasteiger partial charge in [0.2, 0.25) is 0 Å². The van der Waals surface area contributed by atoms with Crippen LogP contribution in [0.3, 0.4) is 0 Å². The van der Waals surface area contributed by atoms with Crippen LogP contribution in [0, 0.1) is 5.92 Å². The Bertz CT molecular complexity index is 686. The summed E-state index contributed by atoms with van der Waals surface area (Å²) in [5.41, 5.74) is 7.35. The Morgan fingerprint density at radius 1 is 1.23 bits per heavy atom. The van der Waals surface area contributed by atoms with Crippen LogP contribution in [0.5, 0.6) is 0 Å². The molecular formula is C20H29N3O3. The summed E-state index contributed by atoms with van der Waals surface area (Å²) >= 11 is 0. The smallest absolute Gasteiger partial charge is 0.415 e. The molecule has 0 aromatic heterocycles. The highest BCUT2D eigenvalue weighted by atomic mass is 16.6. The van der Waals surface area contributed by atoms with Crippen LogP contribution in [0.25, 0.3) is 0 Å². The fraction of sp³-hybridized carbons (Fsp3) is 0.600. The minimum Gasteiger partial charge on any atom is -0.443 e. The Balaban J connectivity index is 1.89. The molecule has 142 valence electrons. The van der Waals surface area contributed by atoms with E-state index in [0.717, 1.165) is 32.2 Å². The third-order valence-electron chi connectivity index (χ3n) is 4.75. The zero-order valence-electron chi connectivity index (χ0n) is 15.9. The largest absolute Gasteiger partial charge is 0.443 e. The van der Waals surface area contributed by atoms with Crippen molar-refractivity contribution in [3.8, 4) is 0 Å². The number of hydrogen-bond donors (Lipinski definition) is 2. The highest BCUT2D eigenvalue weighted by Gasteiger charge is 2.33. The maximum absolute atomic E-state index is 12.9. The third-order valence-corrected chi connectivity index (χ3v) is 4.75. The molecule has 1 aromatic carbocycles. The van der Waals surface area contributed by atoms with Gasteiger partial charge in [-0.3, -0.25) is 9.69 Å². The number of nitrogens with two attached hydrogens (primary N) is 1. The normalized spacial score (nSPS) is 20.5. The number of ketones is 1. The van der Waals surface area contributed by atoms with Crippen molar-refractivity contribution in [2.75, 3.05) is 23.7 Å². The van der Waals surface area contributed by atoms with Crippen molar-refractivity contribution in [1.29, 1.82) is 0 Å². The first-order chi connectivity index (χ1) is 12.3. The van der Waals surface area contributed by atoms with Gasteiger partial charge in [-0.15, -0.1) is 0 Å². The van der Waals surface area contributed by atoms with E-state index in [2.05, 4.69) is 5.32 Å². The van der Waals surface area contributed by atoms with E-state index < -0.39 is 11.7 Å². The van der Waals surface area contributed by atoms with Crippen molar-refractivity contribution < 1.29 is 14.3 Å². The average Bonchev–Trinajstić information content (AvgIpc) is 3.40. The summed E-state index contributed by atoms with van der Waals surface area (Å²) in [6, 6.07) is 5.23. The van der Waals surface area contributed by atoms with Gasteiger partial charge in [0.15, 0.2) is 5.78 Å². The lowest BCUT2D eigenvalue weighted by Crippen LogP contribution is -2.50. The lowest BCUT2D eigenvalue weighted by molar-refractivity contribution is 0.0560. The number of piperidine rings is 1. The van der Waals surface area contributed by atoms with Crippen molar-refractivity contribution >= 4 is 23.3 Å². The number of nitrogen functional groups attached to an aromatic ring is 1. The number of anilines is 2. The summed E-state index contributed by atoms with van der Waals surface area (Å²) in [5, 5.41) is 3.33. The zero-order chi connectivity index (χ0) is 18.9. The highest BCUT2D eigenvalue weighted by molar-refractivity contribution is 6.02. The molecule has 1 amide bonds. The van der Waals surface area contributed by atoms with E-state index in [1.807, 2.05) is 20.8 Å². The number of carbonyl (C=O) groups excluding carboxylic acids is 2. The van der Waals surface area contributed by atoms with Crippen LogP contribution in [0.1, 0.15) is 56.8 Å². The predicted octanol–water partition coefficient (Wildman–Crippen LogP) is 3.36. The van der Waals surface area contributed by atoms with Crippen molar-refractivity contribution in [3.63, 3.8) is 0 Å². The second kappa shape index (κ2) is 7.27. The topological polar surface area (TPSA) is 84.7 Å². The number of Topliss-reactive ketones (excluding diaryl/α,β-unsaturated/α-hetero) is 1. The van der Waals surface area contributed by atoms with Crippen LogP contribution in [0.4, 0.5) is 16.2 Å². The molecule has 0 spiro atoms. The number of carbonyl (C=O) groups is 2. The molecule has 2 aliphatic rings. The molecule has 3 rings (SSSR count). The van der Waals surface area contributed by atoms with Gasteiger partial charge in [-0.05, 0) is 71.2 Å². The van der Waals surface area contributed by atoms with Crippen LogP contribution < -0.4 is 16.0 Å². The minimum atomic E-state index is -0.589. The Kier molecular flexibility index (Phi) is 5.23. The molecule has 6 heteroatoms. The summed E-state index contributed by atoms with van der Waals surface area (Å²) < 4.78 is 5.63. The number of amides is 1. The van der Waals surface area contributed by atoms with Gasteiger partial charge < -0.3 is 15.8 Å². The van der Waals surface area contributed by atoms with E-state index in [9.17, 15) is 9.59 Å². The summed E-state index contributed by atoms with van der Waals surface area (Å²) in [6.07, 6.45) is 3.38. The molecular weight excluding hydrogens is 330 g/mol. The van der Waals surface area contributed by atoms with Crippen molar-refractivity contribution in [2.24, 2.45) is 5.92 Å². The van der Waals surface area contributed by atoms with Crippen LogP contribution in [0.2, 0.25) is 0 Å². The summed E-state index contributed by atoms with van der Waals surface area (Å²) in [7, 11) is 0. The summed E-state index contributed by atoms with van der Waals surface area (Å²) in [5.74, 6) is 0.288. The van der Waals surface area contributed by atoms with E-state index in [4.69, 9.17) is 10.5 Å². The quantitative estimate of drug-likeness (QED) is 0.636. The predicted molar refractivity (Wildman–Crippen MR) is 103 cm³/mol. The molecule has 6 nitrogen and oxygen atoms in total. The molecule has 0 bridgehead atoms. The number of nitrogens with one attached hydrogen (secondary N) is 1. The molecule has 2 fully saturated rings. The van der Waals surface area contributed by atoms with Gasteiger partial charge in [-0.2, -0.15) is 0 Å². The van der Waals surface area contributed by atoms with E-state index in [1.165, 1.54) is 0 Å². The maximum Gasteiger partial charge on any atom is 0.415 e. The third kappa shape index (κ3) is 4.36. The number of nitrogens with zero attached hydrogens (tertiary/aromatic N) is 1. The molecule has 1 saturated carbocycles.